The van der Waals surface area contributed by atoms with Crippen molar-refractivity contribution in [2.45, 2.75) is 40.7 Å². The van der Waals surface area contributed by atoms with Crippen molar-refractivity contribution in [2.75, 3.05) is 5.32 Å². The molecule has 0 fully saturated rings. The molecule has 1 aromatic rings. The average molecular weight is 341 g/mol. The lowest BCUT2D eigenvalue weighted by Gasteiger charge is -2.21. The van der Waals surface area contributed by atoms with E-state index in [1.54, 1.807) is 6.92 Å². The summed E-state index contributed by atoms with van der Waals surface area (Å²) >= 11 is 3.38. The van der Waals surface area contributed by atoms with Gasteiger partial charge in [-0.2, -0.15) is 0 Å². The lowest BCUT2D eigenvalue weighted by molar-refractivity contribution is -0.131. The van der Waals surface area contributed by atoms with Crippen LogP contribution in [0.2, 0.25) is 0 Å². The summed E-state index contributed by atoms with van der Waals surface area (Å²) in [4.78, 5) is 23.9. The highest BCUT2D eigenvalue weighted by Crippen LogP contribution is 2.20. The van der Waals surface area contributed by atoms with Gasteiger partial charge in [-0.05, 0) is 37.6 Å². The molecule has 0 spiro atoms. The number of hydrogen-bond donors (Lipinski definition) is 2. The summed E-state index contributed by atoms with van der Waals surface area (Å²) in [5, 5.41) is 5.53. The van der Waals surface area contributed by atoms with Crippen molar-refractivity contribution in [3.8, 4) is 0 Å². The third-order valence-corrected chi connectivity index (χ3v) is 3.36. The first-order valence-corrected chi connectivity index (χ1v) is 7.28. The van der Waals surface area contributed by atoms with Crippen LogP contribution in [-0.4, -0.2) is 17.9 Å². The van der Waals surface area contributed by atoms with Gasteiger partial charge in [-0.25, -0.2) is 0 Å². The maximum absolute atomic E-state index is 12.1. The molecule has 0 heterocycles. The molecule has 4 nitrogen and oxygen atoms in total. The minimum Gasteiger partial charge on any atom is -0.344 e. The number of rotatable bonds is 3. The SMILES string of the molecule is Cc1cc(Br)ccc1NC(=O)C(C)NC(=O)C(C)(C)C. The summed E-state index contributed by atoms with van der Waals surface area (Å²) in [6.45, 7) is 9.02. The molecule has 110 valence electrons. The number of hydrogen-bond acceptors (Lipinski definition) is 2. The monoisotopic (exact) mass is 340 g/mol. The molecule has 20 heavy (non-hydrogen) atoms. The predicted molar refractivity (Wildman–Crippen MR) is 84.6 cm³/mol. The molecule has 0 aliphatic heterocycles. The molecular formula is C15H21BrN2O2. The quantitative estimate of drug-likeness (QED) is 0.887. The highest BCUT2D eigenvalue weighted by Gasteiger charge is 2.25. The molecule has 0 saturated heterocycles. The molecule has 0 aliphatic carbocycles. The third-order valence-electron chi connectivity index (χ3n) is 2.87. The smallest absolute Gasteiger partial charge is 0.246 e. The Morgan fingerprint density at radius 3 is 2.35 bits per heavy atom. The van der Waals surface area contributed by atoms with Gasteiger partial charge in [0.25, 0.3) is 0 Å². The normalized spacial score (nSPS) is 12.7. The molecule has 0 saturated carbocycles. The minimum atomic E-state index is -0.579. The summed E-state index contributed by atoms with van der Waals surface area (Å²) in [5.74, 6) is -0.374. The highest BCUT2D eigenvalue weighted by atomic mass is 79.9. The van der Waals surface area contributed by atoms with Crippen LogP contribution in [0, 0.1) is 12.3 Å². The number of amides is 2. The van der Waals surface area contributed by atoms with Crippen molar-refractivity contribution in [1.82, 2.24) is 5.32 Å². The second-order valence-corrected chi connectivity index (χ2v) is 6.81. The van der Waals surface area contributed by atoms with Crippen molar-refractivity contribution >= 4 is 33.4 Å². The number of nitrogens with one attached hydrogen (secondary N) is 2. The molecule has 1 unspecified atom stereocenters. The lowest BCUT2D eigenvalue weighted by atomic mass is 9.95. The van der Waals surface area contributed by atoms with Crippen LogP contribution in [0.1, 0.15) is 33.3 Å². The summed E-state index contributed by atoms with van der Waals surface area (Å²) < 4.78 is 0.960. The van der Waals surface area contributed by atoms with E-state index in [0.717, 1.165) is 15.7 Å². The van der Waals surface area contributed by atoms with E-state index in [9.17, 15) is 9.59 Å². The average Bonchev–Trinajstić information content (AvgIpc) is 2.31. The summed E-state index contributed by atoms with van der Waals surface area (Å²) in [5.41, 5.74) is 1.19. The Labute approximate surface area is 128 Å². The van der Waals surface area contributed by atoms with E-state index in [4.69, 9.17) is 0 Å². The summed E-state index contributed by atoms with van der Waals surface area (Å²) in [7, 11) is 0. The van der Waals surface area contributed by atoms with Gasteiger partial charge in [-0.3, -0.25) is 9.59 Å². The first-order chi connectivity index (χ1) is 9.11. The predicted octanol–water partition coefficient (Wildman–Crippen LogP) is 3.25. The Bertz CT molecular complexity index is 521. The second kappa shape index (κ2) is 6.39. The maximum Gasteiger partial charge on any atom is 0.246 e. The van der Waals surface area contributed by atoms with Crippen LogP contribution >= 0.6 is 15.9 Å². The van der Waals surface area contributed by atoms with Crippen molar-refractivity contribution in [3.63, 3.8) is 0 Å². The number of carbonyl (C=O) groups is 2. The van der Waals surface area contributed by atoms with E-state index in [2.05, 4.69) is 26.6 Å². The zero-order valence-corrected chi connectivity index (χ0v) is 14.1. The fraction of sp³-hybridized carbons (Fsp3) is 0.467. The first kappa shape index (κ1) is 16.7. The van der Waals surface area contributed by atoms with Crippen LogP contribution in [0.15, 0.2) is 22.7 Å². The lowest BCUT2D eigenvalue weighted by Crippen LogP contribution is -2.46. The van der Waals surface area contributed by atoms with Gasteiger partial charge in [-0.1, -0.05) is 36.7 Å². The zero-order valence-electron chi connectivity index (χ0n) is 12.5. The fourth-order valence-corrected chi connectivity index (χ4v) is 1.96. The Morgan fingerprint density at radius 2 is 1.85 bits per heavy atom. The van der Waals surface area contributed by atoms with Crippen molar-refractivity contribution in [1.29, 1.82) is 0 Å². The molecule has 0 aliphatic rings. The van der Waals surface area contributed by atoms with Crippen LogP contribution < -0.4 is 10.6 Å². The maximum atomic E-state index is 12.1. The van der Waals surface area contributed by atoms with E-state index in [-0.39, 0.29) is 11.8 Å². The molecular weight excluding hydrogens is 320 g/mol. The number of aryl methyl sites for hydroxylation is 1. The van der Waals surface area contributed by atoms with Crippen LogP contribution in [0.3, 0.4) is 0 Å². The van der Waals surface area contributed by atoms with Crippen molar-refractivity contribution < 1.29 is 9.59 Å². The number of carbonyl (C=O) groups excluding carboxylic acids is 2. The topological polar surface area (TPSA) is 58.2 Å². The van der Waals surface area contributed by atoms with E-state index in [0.29, 0.717) is 0 Å². The van der Waals surface area contributed by atoms with Crippen LogP contribution in [0.4, 0.5) is 5.69 Å². The van der Waals surface area contributed by atoms with Gasteiger partial charge in [0.05, 0.1) is 0 Å². The third kappa shape index (κ3) is 4.63. The van der Waals surface area contributed by atoms with Crippen LogP contribution in [0.25, 0.3) is 0 Å². The number of benzene rings is 1. The Hall–Kier alpha value is -1.36. The molecule has 0 bridgehead atoms. The van der Waals surface area contributed by atoms with E-state index in [1.807, 2.05) is 45.9 Å². The molecule has 5 heteroatoms. The van der Waals surface area contributed by atoms with Gasteiger partial charge < -0.3 is 10.6 Å². The summed E-state index contributed by atoms with van der Waals surface area (Å²) in [6.07, 6.45) is 0. The molecule has 2 amide bonds. The molecule has 1 atom stereocenters. The van der Waals surface area contributed by atoms with Crippen molar-refractivity contribution in [3.05, 3.63) is 28.2 Å². The molecule has 2 N–H and O–H groups in total. The van der Waals surface area contributed by atoms with Gasteiger partial charge in [-0.15, -0.1) is 0 Å². The van der Waals surface area contributed by atoms with Gasteiger partial charge in [0.15, 0.2) is 0 Å². The Balaban J connectivity index is 2.69. The van der Waals surface area contributed by atoms with Crippen LogP contribution in [-0.2, 0) is 9.59 Å². The fourth-order valence-electron chi connectivity index (χ4n) is 1.49. The number of anilines is 1. The second-order valence-electron chi connectivity index (χ2n) is 5.89. The summed E-state index contributed by atoms with van der Waals surface area (Å²) in [6, 6.07) is 5.04. The van der Waals surface area contributed by atoms with Crippen molar-refractivity contribution in [2.24, 2.45) is 5.41 Å². The van der Waals surface area contributed by atoms with E-state index >= 15 is 0 Å². The van der Waals surface area contributed by atoms with Gasteiger partial charge in [0.2, 0.25) is 11.8 Å². The minimum absolute atomic E-state index is 0.146. The standard InChI is InChI=1S/C15H21BrN2O2/c1-9-8-11(16)6-7-12(9)18-13(19)10(2)17-14(20)15(3,4)5/h6-8,10H,1-5H3,(H,17,20)(H,18,19). The molecule has 1 rings (SSSR count). The van der Waals surface area contributed by atoms with Gasteiger partial charge in [0, 0.05) is 15.6 Å². The molecule has 1 aromatic carbocycles. The van der Waals surface area contributed by atoms with E-state index < -0.39 is 11.5 Å². The largest absolute Gasteiger partial charge is 0.344 e. The molecule has 0 radical (unpaired) electrons. The molecule has 0 aromatic heterocycles. The number of halogens is 1. The Kier molecular flexibility index (Phi) is 5.34. The van der Waals surface area contributed by atoms with Crippen LogP contribution in [0.5, 0.6) is 0 Å². The van der Waals surface area contributed by atoms with E-state index in [1.165, 1.54) is 0 Å². The zero-order chi connectivity index (χ0) is 15.5. The van der Waals surface area contributed by atoms with Gasteiger partial charge in [0.1, 0.15) is 6.04 Å². The highest BCUT2D eigenvalue weighted by molar-refractivity contribution is 9.10. The van der Waals surface area contributed by atoms with Gasteiger partial charge >= 0.3 is 0 Å². The Morgan fingerprint density at radius 1 is 1.25 bits per heavy atom. The first-order valence-electron chi connectivity index (χ1n) is 6.49.